The average molecular weight is 441 g/mol. The third-order valence-corrected chi connectivity index (χ3v) is 4.88. The fraction of sp³-hybridized carbons (Fsp3) is 0.800. The first-order valence-corrected chi connectivity index (χ1v) is 12.0. The zero-order valence-electron chi connectivity index (χ0n) is 20.2. The van der Waals surface area contributed by atoms with Crippen molar-refractivity contribution in [2.45, 2.75) is 123 Å². The predicted octanol–water partition coefficient (Wildman–Crippen LogP) is 6.06. The van der Waals surface area contributed by atoms with Gasteiger partial charge in [0.2, 0.25) is 0 Å². The molecule has 0 bridgehead atoms. The Labute approximate surface area is 189 Å². The van der Waals surface area contributed by atoms with E-state index < -0.39 is 6.10 Å². The second-order valence-corrected chi connectivity index (χ2v) is 8.20. The minimum Gasteiger partial charge on any atom is -0.462 e. The van der Waals surface area contributed by atoms with Crippen molar-refractivity contribution in [1.82, 2.24) is 0 Å². The van der Waals surface area contributed by atoms with Crippen LogP contribution in [0.1, 0.15) is 111 Å². The molecule has 31 heavy (non-hydrogen) atoms. The molecular weight excluding hydrogens is 396 g/mol. The summed E-state index contributed by atoms with van der Waals surface area (Å²) in [6.07, 6.45) is 17.0. The lowest BCUT2D eigenvalue weighted by atomic mass is 10.1. The maximum Gasteiger partial charge on any atom is 0.305 e. The highest BCUT2D eigenvalue weighted by Crippen LogP contribution is 2.13. The van der Waals surface area contributed by atoms with Gasteiger partial charge in [-0.2, -0.15) is 0 Å². The van der Waals surface area contributed by atoms with E-state index in [-0.39, 0.29) is 30.6 Å². The molecule has 2 atom stereocenters. The van der Waals surface area contributed by atoms with Gasteiger partial charge in [0.25, 0.3) is 0 Å². The Balaban J connectivity index is 3.70. The largest absolute Gasteiger partial charge is 0.462 e. The Morgan fingerprint density at radius 2 is 1.45 bits per heavy atom. The number of esters is 3. The third-order valence-electron chi connectivity index (χ3n) is 4.88. The van der Waals surface area contributed by atoms with Gasteiger partial charge in [-0.3, -0.25) is 14.4 Å². The Morgan fingerprint density at radius 3 is 2.13 bits per heavy atom. The minimum atomic E-state index is -0.403. The molecule has 0 aliphatic heterocycles. The van der Waals surface area contributed by atoms with Gasteiger partial charge in [-0.15, -0.1) is 0 Å². The van der Waals surface area contributed by atoms with Crippen molar-refractivity contribution in [1.29, 1.82) is 0 Å². The second-order valence-electron chi connectivity index (χ2n) is 8.20. The van der Waals surface area contributed by atoms with E-state index in [1.54, 1.807) is 6.92 Å². The van der Waals surface area contributed by atoms with Gasteiger partial charge in [-0.25, -0.2) is 0 Å². The van der Waals surface area contributed by atoms with Crippen molar-refractivity contribution in [3.63, 3.8) is 0 Å². The Kier molecular flexibility index (Phi) is 18.9. The first-order valence-electron chi connectivity index (χ1n) is 12.0. The summed E-state index contributed by atoms with van der Waals surface area (Å²) < 4.78 is 15.4. The molecule has 0 unspecified atom stereocenters. The van der Waals surface area contributed by atoms with Crippen LogP contribution in [0.3, 0.4) is 0 Å². The number of carbonyl (C=O) groups is 3. The van der Waals surface area contributed by atoms with E-state index in [1.807, 2.05) is 0 Å². The summed E-state index contributed by atoms with van der Waals surface area (Å²) in [5.74, 6) is -0.805. The molecule has 180 valence electrons. The van der Waals surface area contributed by atoms with E-state index in [9.17, 15) is 14.4 Å². The molecular formula is C25H44O6. The predicted molar refractivity (Wildman–Crippen MR) is 123 cm³/mol. The highest BCUT2D eigenvalue weighted by atomic mass is 16.6. The number of hydrogen-bond acceptors (Lipinski definition) is 6. The molecule has 6 nitrogen and oxygen atoms in total. The summed E-state index contributed by atoms with van der Waals surface area (Å²) in [6, 6.07) is 0. The smallest absolute Gasteiger partial charge is 0.305 e. The van der Waals surface area contributed by atoms with Crippen LogP contribution >= 0.6 is 0 Å². The van der Waals surface area contributed by atoms with Gasteiger partial charge >= 0.3 is 17.9 Å². The molecule has 0 aromatic rings. The number of unbranched alkanes of at least 4 members (excludes halogenated alkanes) is 8. The maximum absolute atomic E-state index is 11.7. The van der Waals surface area contributed by atoms with Crippen LogP contribution < -0.4 is 0 Å². The Bertz CT molecular complexity index is 514. The molecule has 6 heteroatoms. The van der Waals surface area contributed by atoms with E-state index >= 15 is 0 Å². The van der Waals surface area contributed by atoms with Crippen LogP contribution in [0.2, 0.25) is 0 Å². The Hall–Kier alpha value is -1.85. The van der Waals surface area contributed by atoms with Gasteiger partial charge in [-0.05, 0) is 39.0 Å². The van der Waals surface area contributed by atoms with Gasteiger partial charge in [-0.1, -0.05) is 57.6 Å². The summed E-state index contributed by atoms with van der Waals surface area (Å²) in [4.78, 5) is 33.7. The van der Waals surface area contributed by atoms with Crippen LogP contribution in [-0.4, -0.2) is 36.7 Å². The monoisotopic (exact) mass is 440 g/mol. The minimum absolute atomic E-state index is 0.00220. The van der Waals surface area contributed by atoms with Crippen LogP contribution in [-0.2, 0) is 28.6 Å². The molecule has 0 aliphatic rings. The zero-order chi connectivity index (χ0) is 23.3. The van der Waals surface area contributed by atoms with Crippen LogP contribution in [0, 0.1) is 0 Å². The maximum atomic E-state index is 11.7. The van der Waals surface area contributed by atoms with Gasteiger partial charge in [0.05, 0.1) is 0 Å². The molecule has 0 fully saturated rings. The van der Waals surface area contributed by atoms with Crippen molar-refractivity contribution in [2.75, 3.05) is 6.61 Å². The van der Waals surface area contributed by atoms with Crippen LogP contribution in [0.25, 0.3) is 0 Å². The number of allylic oxidation sites excluding steroid dienone is 1. The van der Waals surface area contributed by atoms with Crippen molar-refractivity contribution in [2.24, 2.45) is 0 Å². The number of carbonyl (C=O) groups excluding carboxylic acids is 3. The van der Waals surface area contributed by atoms with E-state index in [0.717, 1.165) is 57.8 Å². The van der Waals surface area contributed by atoms with Gasteiger partial charge in [0.1, 0.15) is 18.8 Å². The molecule has 0 aromatic carbocycles. The van der Waals surface area contributed by atoms with E-state index in [1.165, 1.54) is 33.1 Å². The highest BCUT2D eigenvalue weighted by Gasteiger charge is 2.10. The van der Waals surface area contributed by atoms with E-state index in [4.69, 9.17) is 14.2 Å². The molecule has 0 rings (SSSR count). The molecule has 0 aliphatic carbocycles. The van der Waals surface area contributed by atoms with Crippen LogP contribution in [0.5, 0.6) is 0 Å². The summed E-state index contributed by atoms with van der Waals surface area (Å²) in [5, 5.41) is 0. The first kappa shape index (κ1) is 29.1. The second kappa shape index (κ2) is 20.1. The van der Waals surface area contributed by atoms with Gasteiger partial charge < -0.3 is 14.2 Å². The number of hydrogen-bond donors (Lipinski definition) is 0. The highest BCUT2D eigenvalue weighted by molar-refractivity contribution is 5.69. The first-order chi connectivity index (χ1) is 14.8. The SMILES string of the molecule is CCCCCC[C@H](C/C=C/CCCCCCCC(=O)OC[C@@H](C)OC(C)=O)OC(C)=O. The van der Waals surface area contributed by atoms with Crippen molar-refractivity contribution < 1.29 is 28.6 Å². The molecule has 0 N–H and O–H groups in total. The average Bonchev–Trinajstić information content (AvgIpc) is 2.69. The van der Waals surface area contributed by atoms with Gasteiger partial charge in [0.15, 0.2) is 0 Å². The van der Waals surface area contributed by atoms with Crippen LogP contribution in [0.15, 0.2) is 12.2 Å². The summed E-state index contributed by atoms with van der Waals surface area (Å²) in [6.45, 7) is 6.82. The number of rotatable bonds is 19. The fourth-order valence-corrected chi connectivity index (χ4v) is 3.29. The summed E-state index contributed by atoms with van der Waals surface area (Å²) >= 11 is 0. The van der Waals surface area contributed by atoms with Crippen molar-refractivity contribution in [3.05, 3.63) is 12.2 Å². The fourth-order valence-electron chi connectivity index (χ4n) is 3.29. The molecule has 0 amide bonds. The summed E-state index contributed by atoms with van der Waals surface area (Å²) in [5.41, 5.74) is 0. The molecule has 0 saturated carbocycles. The molecule has 0 spiro atoms. The third kappa shape index (κ3) is 21.2. The normalized spacial score (nSPS) is 13.0. The van der Waals surface area contributed by atoms with Crippen LogP contribution in [0.4, 0.5) is 0 Å². The topological polar surface area (TPSA) is 78.9 Å². The Morgan fingerprint density at radius 1 is 0.806 bits per heavy atom. The molecule has 0 saturated heterocycles. The lowest BCUT2D eigenvalue weighted by Crippen LogP contribution is -2.21. The molecule has 0 heterocycles. The number of ether oxygens (including phenoxy) is 3. The van der Waals surface area contributed by atoms with E-state index in [0.29, 0.717) is 6.42 Å². The lowest BCUT2D eigenvalue weighted by Gasteiger charge is -2.15. The quantitative estimate of drug-likeness (QED) is 0.105. The van der Waals surface area contributed by atoms with E-state index in [2.05, 4.69) is 19.1 Å². The van der Waals surface area contributed by atoms with Crippen molar-refractivity contribution >= 4 is 17.9 Å². The molecule has 0 radical (unpaired) electrons. The molecule has 0 aromatic heterocycles. The summed E-state index contributed by atoms with van der Waals surface area (Å²) in [7, 11) is 0. The van der Waals surface area contributed by atoms with Gasteiger partial charge in [0, 0.05) is 26.7 Å². The zero-order valence-corrected chi connectivity index (χ0v) is 20.2. The lowest BCUT2D eigenvalue weighted by molar-refractivity contribution is -0.156. The standard InChI is InChI=1S/C25H44O6/c1-5-6-7-14-17-24(31-23(4)27)18-15-12-10-8-9-11-13-16-19-25(28)29-20-21(2)30-22(3)26/h12,15,21,24H,5-11,13-14,16-20H2,1-4H3/b15-12+/t21-,24-/m1/s1. The van der Waals surface area contributed by atoms with Crippen molar-refractivity contribution in [3.8, 4) is 0 Å².